The summed E-state index contributed by atoms with van der Waals surface area (Å²) in [6, 6.07) is 16.6. The number of methoxy groups -OCH3 is 1. The van der Waals surface area contributed by atoms with E-state index in [0.717, 1.165) is 33.3 Å². The molecule has 0 aliphatic carbocycles. The third-order valence-electron chi connectivity index (χ3n) is 4.22. The standard InChI is InChI=1S/C21H19BrN2O3/c1-14-9-19(25)24(13-16-6-4-8-18(11-16)21(26)27-2)23-20(14)17-7-3-5-15(10-17)12-22/h3-11H,12-13H2,1-2H3. The van der Waals surface area contributed by atoms with E-state index in [1.54, 1.807) is 24.3 Å². The maximum Gasteiger partial charge on any atom is 0.337 e. The van der Waals surface area contributed by atoms with E-state index < -0.39 is 5.97 Å². The Hall–Kier alpha value is -2.73. The molecule has 0 bridgehead atoms. The first-order valence-electron chi connectivity index (χ1n) is 8.43. The fourth-order valence-corrected chi connectivity index (χ4v) is 3.21. The maximum absolute atomic E-state index is 12.4. The topological polar surface area (TPSA) is 61.2 Å². The first kappa shape index (κ1) is 19.0. The van der Waals surface area contributed by atoms with Gasteiger partial charge in [0.05, 0.1) is 24.9 Å². The molecule has 2 aromatic carbocycles. The van der Waals surface area contributed by atoms with Crippen LogP contribution in [0.5, 0.6) is 0 Å². The summed E-state index contributed by atoms with van der Waals surface area (Å²) in [6.45, 7) is 2.15. The molecule has 0 saturated heterocycles. The molecule has 0 atom stereocenters. The van der Waals surface area contributed by atoms with Crippen LogP contribution < -0.4 is 5.56 Å². The molecule has 0 saturated carbocycles. The van der Waals surface area contributed by atoms with Crippen LogP contribution in [0, 0.1) is 6.92 Å². The summed E-state index contributed by atoms with van der Waals surface area (Å²) in [5, 5.41) is 5.33. The summed E-state index contributed by atoms with van der Waals surface area (Å²) in [4.78, 5) is 24.1. The molecule has 0 aliphatic rings. The van der Waals surface area contributed by atoms with Crippen LogP contribution in [0.3, 0.4) is 0 Å². The summed E-state index contributed by atoms with van der Waals surface area (Å²) in [7, 11) is 1.34. The average Bonchev–Trinajstić information content (AvgIpc) is 2.69. The van der Waals surface area contributed by atoms with Crippen molar-refractivity contribution in [3.05, 3.63) is 87.2 Å². The molecule has 0 radical (unpaired) electrons. The minimum absolute atomic E-state index is 0.184. The molecule has 0 aliphatic heterocycles. The number of hydrogen-bond acceptors (Lipinski definition) is 4. The minimum Gasteiger partial charge on any atom is -0.465 e. The summed E-state index contributed by atoms with van der Waals surface area (Å²) >= 11 is 3.46. The molecular weight excluding hydrogens is 408 g/mol. The third kappa shape index (κ3) is 4.34. The zero-order valence-electron chi connectivity index (χ0n) is 15.1. The number of esters is 1. The number of carbonyl (C=O) groups is 1. The van der Waals surface area contributed by atoms with Crippen LogP contribution in [0.15, 0.2) is 59.4 Å². The lowest BCUT2D eigenvalue weighted by Crippen LogP contribution is -2.24. The molecule has 0 amide bonds. The number of hydrogen-bond donors (Lipinski definition) is 0. The van der Waals surface area contributed by atoms with E-state index in [4.69, 9.17) is 4.74 Å². The normalized spacial score (nSPS) is 10.6. The molecular formula is C21H19BrN2O3. The molecule has 0 N–H and O–H groups in total. The van der Waals surface area contributed by atoms with Gasteiger partial charge in [0, 0.05) is 17.0 Å². The summed E-state index contributed by atoms with van der Waals surface area (Å²) in [5.74, 6) is -0.409. The Morgan fingerprint density at radius 1 is 1.11 bits per heavy atom. The zero-order chi connectivity index (χ0) is 19.4. The van der Waals surface area contributed by atoms with Crippen LogP contribution >= 0.6 is 15.9 Å². The summed E-state index contributed by atoms with van der Waals surface area (Å²) in [6.07, 6.45) is 0. The van der Waals surface area contributed by atoms with E-state index in [9.17, 15) is 9.59 Å². The van der Waals surface area contributed by atoms with E-state index >= 15 is 0 Å². The van der Waals surface area contributed by atoms with Crippen molar-refractivity contribution in [2.45, 2.75) is 18.8 Å². The van der Waals surface area contributed by atoms with Gasteiger partial charge in [-0.25, -0.2) is 9.48 Å². The SMILES string of the molecule is COC(=O)c1cccc(Cn2nc(-c3cccc(CBr)c3)c(C)cc2=O)c1. The minimum atomic E-state index is -0.409. The monoisotopic (exact) mass is 426 g/mol. The number of aromatic nitrogens is 2. The van der Waals surface area contributed by atoms with Gasteiger partial charge in [-0.05, 0) is 41.8 Å². The van der Waals surface area contributed by atoms with Gasteiger partial charge < -0.3 is 4.74 Å². The summed E-state index contributed by atoms with van der Waals surface area (Å²) in [5.41, 5.74) is 4.75. The van der Waals surface area contributed by atoms with E-state index in [0.29, 0.717) is 5.56 Å². The maximum atomic E-state index is 12.4. The second-order valence-electron chi connectivity index (χ2n) is 6.20. The Morgan fingerprint density at radius 2 is 1.85 bits per heavy atom. The van der Waals surface area contributed by atoms with Crippen molar-refractivity contribution >= 4 is 21.9 Å². The molecule has 27 heavy (non-hydrogen) atoms. The quantitative estimate of drug-likeness (QED) is 0.457. The number of halogens is 1. The number of nitrogens with zero attached hydrogens (tertiary/aromatic N) is 2. The van der Waals surface area contributed by atoms with Gasteiger partial charge in [-0.3, -0.25) is 4.79 Å². The zero-order valence-corrected chi connectivity index (χ0v) is 16.7. The average molecular weight is 427 g/mol. The van der Waals surface area contributed by atoms with E-state index in [-0.39, 0.29) is 12.1 Å². The number of rotatable bonds is 5. The molecule has 1 heterocycles. The van der Waals surface area contributed by atoms with Crippen LogP contribution in [-0.2, 0) is 16.6 Å². The van der Waals surface area contributed by atoms with E-state index in [2.05, 4.69) is 27.1 Å². The Labute approximate surface area is 165 Å². The van der Waals surface area contributed by atoms with Crippen molar-refractivity contribution in [3.8, 4) is 11.3 Å². The van der Waals surface area contributed by atoms with Crippen molar-refractivity contribution in [2.24, 2.45) is 0 Å². The molecule has 0 spiro atoms. The highest BCUT2D eigenvalue weighted by atomic mass is 79.9. The second-order valence-corrected chi connectivity index (χ2v) is 6.76. The van der Waals surface area contributed by atoms with Crippen LogP contribution in [0.1, 0.15) is 27.0 Å². The molecule has 3 aromatic rings. The predicted molar refractivity (Wildman–Crippen MR) is 108 cm³/mol. The van der Waals surface area contributed by atoms with Crippen molar-refractivity contribution in [2.75, 3.05) is 7.11 Å². The lowest BCUT2D eigenvalue weighted by atomic mass is 10.1. The molecule has 1 aromatic heterocycles. The van der Waals surface area contributed by atoms with Gasteiger partial charge in [0.25, 0.3) is 5.56 Å². The van der Waals surface area contributed by atoms with Gasteiger partial charge in [0.15, 0.2) is 0 Å². The molecule has 3 rings (SSSR count). The van der Waals surface area contributed by atoms with Crippen molar-refractivity contribution < 1.29 is 9.53 Å². The number of carbonyl (C=O) groups excluding carboxylic acids is 1. The molecule has 5 nitrogen and oxygen atoms in total. The predicted octanol–water partition coefficient (Wildman–Crippen LogP) is 3.95. The Balaban J connectivity index is 1.99. The van der Waals surface area contributed by atoms with E-state index in [1.165, 1.54) is 11.8 Å². The highest BCUT2D eigenvalue weighted by Crippen LogP contribution is 2.22. The van der Waals surface area contributed by atoms with Gasteiger partial charge >= 0.3 is 5.97 Å². The van der Waals surface area contributed by atoms with Crippen molar-refractivity contribution in [1.29, 1.82) is 0 Å². The van der Waals surface area contributed by atoms with Crippen molar-refractivity contribution in [3.63, 3.8) is 0 Å². The highest BCUT2D eigenvalue weighted by molar-refractivity contribution is 9.08. The Kier molecular flexibility index (Phi) is 5.86. The van der Waals surface area contributed by atoms with Gasteiger partial charge in [0.1, 0.15) is 0 Å². The fourth-order valence-electron chi connectivity index (χ4n) is 2.86. The van der Waals surface area contributed by atoms with E-state index in [1.807, 2.05) is 31.2 Å². The molecule has 6 heteroatoms. The number of alkyl halides is 1. The highest BCUT2D eigenvalue weighted by Gasteiger charge is 2.11. The Bertz CT molecular complexity index is 1040. The number of ether oxygens (including phenoxy) is 1. The van der Waals surface area contributed by atoms with Gasteiger partial charge in [-0.1, -0.05) is 46.3 Å². The second kappa shape index (κ2) is 8.31. The summed E-state index contributed by atoms with van der Waals surface area (Å²) < 4.78 is 6.17. The van der Waals surface area contributed by atoms with Crippen molar-refractivity contribution in [1.82, 2.24) is 9.78 Å². The Morgan fingerprint density at radius 3 is 2.59 bits per heavy atom. The third-order valence-corrected chi connectivity index (χ3v) is 4.87. The number of benzene rings is 2. The molecule has 0 fully saturated rings. The van der Waals surface area contributed by atoms with Crippen LogP contribution in [0.25, 0.3) is 11.3 Å². The van der Waals surface area contributed by atoms with Gasteiger partial charge in [0.2, 0.25) is 0 Å². The smallest absolute Gasteiger partial charge is 0.337 e. The first-order valence-corrected chi connectivity index (χ1v) is 9.55. The lowest BCUT2D eigenvalue weighted by Gasteiger charge is -2.11. The largest absolute Gasteiger partial charge is 0.465 e. The van der Waals surface area contributed by atoms with Crippen LogP contribution in [-0.4, -0.2) is 22.9 Å². The van der Waals surface area contributed by atoms with Gasteiger partial charge in [-0.2, -0.15) is 5.10 Å². The molecule has 138 valence electrons. The number of aryl methyl sites for hydroxylation is 1. The fraction of sp³-hybridized carbons (Fsp3) is 0.190. The first-order chi connectivity index (χ1) is 13.0. The molecule has 0 unspecified atom stereocenters. The van der Waals surface area contributed by atoms with Gasteiger partial charge in [-0.15, -0.1) is 0 Å². The van der Waals surface area contributed by atoms with Crippen LogP contribution in [0.4, 0.5) is 0 Å². The lowest BCUT2D eigenvalue weighted by molar-refractivity contribution is 0.0600. The van der Waals surface area contributed by atoms with Crippen LogP contribution in [0.2, 0.25) is 0 Å².